The van der Waals surface area contributed by atoms with E-state index in [0.717, 1.165) is 5.56 Å². The summed E-state index contributed by atoms with van der Waals surface area (Å²) in [5.74, 6) is 0. The molecule has 1 unspecified atom stereocenters. The van der Waals surface area contributed by atoms with Crippen LogP contribution in [0.3, 0.4) is 0 Å². The zero-order valence-electron chi connectivity index (χ0n) is 7.07. The molecule has 0 amide bonds. The minimum atomic E-state index is -0.0933. The molecule has 1 atom stereocenters. The van der Waals surface area contributed by atoms with Crippen LogP contribution in [0.4, 0.5) is 0 Å². The van der Waals surface area contributed by atoms with Gasteiger partial charge in [0.15, 0.2) is 0 Å². The fraction of sp³-hybridized carbons (Fsp3) is 0.182. The maximum absolute atomic E-state index is 5.35. The minimum Gasteiger partial charge on any atom is -0.369 e. The summed E-state index contributed by atoms with van der Waals surface area (Å²) in [5, 5.41) is 0. The normalized spacial score (nSPS) is 12.4. The maximum Gasteiger partial charge on any atom is 0.0830 e. The number of hydrogen-bond acceptors (Lipinski definition) is 1. The van der Waals surface area contributed by atoms with Gasteiger partial charge in [-0.2, -0.15) is 0 Å². The highest BCUT2D eigenvalue weighted by molar-refractivity contribution is 5.18. The molecule has 0 aliphatic carbocycles. The second-order valence-corrected chi connectivity index (χ2v) is 2.52. The van der Waals surface area contributed by atoms with Gasteiger partial charge in [0.25, 0.3) is 0 Å². The van der Waals surface area contributed by atoms with Crippen LogP contribution in [0.5, 0.6) is 0 Å². The lowest BCUT2D eigenvalue weighted by molar-refractivity contribution is 0.108. The molecule has 1 heteroatoms. The quantitative estimate of drug-likeness (QED) is 0.617. The zero-order valence-corrected chi connectivity index (χ0v) is 7.07. The Balaban J connectivity index is 2.53. The molecule has 12 heavy (non-hydrogen) atoms. The van der Waals surface area contributed by atoms with Crippen LogP contribution >= 0.6 is 0 Å². The lowest BCUT2D eigenvalue weighted by Crippen LogP contribution is -1.99. The van der Waals surface area contributed by atoms with E-state index in [1.54, 1.807) is 6.08 Å². The Bertz CT molecular complexity index is 228. The van der Waals surface area contributed by atoms with E-state index in [0.29, 0.717) is 6.61 Å². The van der Waals surface area contributed by atoms with Gasteiger partial charge in [0, 0.05) is 0 Å². The molecule has 0 saturated carbocycles. The van der Waals surface area contributed by atoms with Crippen molar-refractivity contribution in [1.82, 2.24) is 0 Å². The van der Waals surface area contributed by atoms with E-state index in [-0.39, 0.29) is 6.10 Å². The molecule has 1 radical (unpaired) electrons. The van der Waals surface area contributed by atoms with E-state index >= 15 is 0 Å². The Morgan fingerprint density at radius 3 is 2.58 bits per heavy atom. The molecule has 1 nitrogen and oxygen atoms in total. The Kier molecular flexibility index (Phi) is 3.55. The third kappa shape index (κ3) is 2.51. The van der Waals surface area contributed by atoms with Crippen LogP contribution in [0, 0.1) is 6.92 Å². The lowest BCUT2D eigenvalue weighted by atomic mass is 10.1. The van der Waals surface area contributed by atoms with Crippen molar-refractivity contribution in [2.45, 2.75) is 6.10 Å². The summed E-state index contributed by atoms with van der Waals surface area (Å²) in [6, 6.07) is 9.93. The van der Waals surface area contributed by atoms with Crippen molar-refractivity contribution in [1.29, 1.82) is 0 Å². The monoisotopic (exact) mass is 161 g/mol. The first kappa shape index (κ1) is 9.01. The van der Waals surface area contributed by atoms with Gasteiger partial charge < -0.3 is 4.74 Å². The molecule has 63 valence electrons. The highest BCUT2D eigenvalue weighted by Crippen LogP contribution is 2.14. The molecule has 0 aliphatic heterocycles. The average Bonchev–Trinajstić information content (AvgIpc) is 2.15. The molecule has 0 heterocycles. The van der Waals surface area contributed by atoms with Gasteiger partial charge in [-0.3, -0.25) is 0 Å². The summed E-state index contributed by atoms with van der Waals surface area (Å²) in [6.45, 7) is 7.99. The molecular formula is C11H13O. The third-order valence-corrected chi connectivity index (χ3v) is 1.59. The van der Waals surface area contributed by atoms with Gasteiger partial charge in [0.2, 0.25) is 0 Å². The number of hydrogen-bond donors (Lipinski definition) is 0. The molecular weight excluding hydrogens is 148 g/mol. The van der Waals surface area contributed by atoms with Crippen LogP contribution in [0.2, 0.25) is 0 Å². The first-order valence-electron chi connectivity index (χ1n) is 3.95. The number of ether oxygens (including phenoxy) is 1. The topological polar surface area (TPSA) is 9.23 Å². The number of benzene rings is 1. The second-order valence-electron chi connectivity index (χ2n) is 2.52. The smallest absolute Gasteiger partial charge is 0.0830 e. The van der Waals surface area contributed by atoms with Crippen molar-refractivity contribution >= 4 is 0 Å². The van der Waals surface area contributed by atoms with Gasteiger partial charge >= 0.3 is 0 Å². The molecule has 1 aromatic carbocycles. The summed E-state index contributed by atoms with van der Waals surface area (Å²) in [7, 11) is 0. The van der Waals surface area contributed by atoms with Crippen molar-refractivity contribution in [2.24, 2.45) is 0 Å². The fourth-order valence-electron chi connectivity index (χ4n) is 0.948. The lowest BCUT2D eigenvalue weighted by Gasteiger charge is -2.10. The summed E-state index contributed by atoms with van der Waals surface area (Å²) >= 11 is 0. The highest BCUT2D eigenvalue weighted by Gasteiger charge is 2.02. The van der Waals surface area contributed by atoms with Crippen molar-refractivity contribution in [2.75, 3.05) is 6.61 Å². The molecule has 0 fully saturated rings. The largest absolute Gasteiger partial charge is 0.369 e. The molecule has 1 rings (SSSR count). The van der Waals surface area contributed by atoms with Crippen molar-refractivity contribution in [3.05, 3.63) is 55.5 Å². The van der Waals surface area contributed by atoms with Gasteiger partial charge in [-0.1, -0.05) is 36.4 Å². The fourth-order valence-corrected chi connectivity index (χ4v) is 0.948. The average molecular weight is 161 g/mol. The minimum absolute atomic E-state index is 0.0933. The van der Waals surface area contributed by atoms with Crippen LogP contribution < -0.4 is 0 Å². The van der Waals surface area contributed by atoms with Crippen molar-refractivity contribution in [3.63, 3.8) is 0 Å². The van der Waals surface area contributed by atoms with Crippen LogP contribution in [-0.4, -0.2) is 6.61 Å². The van der Waals surface area contributed by atoms with Crippen molar-refractivity contribution in [3.8, 4) is 0 Å². The number of rotatable bonds is 4. The van der Waals surface area contributed by atoms with Gasteiger partial charge in [0.1, 0.15) is 0 Å². The molecule has 0 aliphatic rings. The maximum atomic E-state index is 5.35. The molecule has 0 N–H and O–H groups in total. The summed E-state index contributed by atoms with van der Waals surface area (Å²) in [5.41, 5.74) is 1.10. The molecule has 0 saturated heterocycles. The van der Waals surface area contributed by atoms with Gasteiger partial charge in [0.05, 0.1) is 12.7 Å². The van der Waals surface area contributed by atoms with E-state index in [2.05, 4.69) is 13.5 Å². The predicted molar refractivity (Wildman–Crippen MR) is 50.7 cm³/mol. The summed E-state index contributed by atoms with van der Waals surface area (Å²) in [4.78, 5) is 0. The Morgan fingerprint density at radius 2 is 2.00 bits per heavy atom. The SMILES string of the molecule is [CH2]C(OCC=C)c1ccccc1. The van der Waals surface area contributed by atoms with Crippen LogP contribution in [0.15, 0.2) is 43.0 Å². The zero-order chi connectivity index (χ0) is 8.81. The van der Waals surface area contributed by atoms with Crippen LogP contribution in [0.1, 0.15) is 11.7 Å². The standard InChI is InChI=1S/C11H13O/c1-3-9-12-10(2)11-7-5-4-6-8-11/h3-8,10H,1-2,9H2. The van der Waals surface area contributed by atoms with Crippen LogP contribution in [-0.2, 0) is 4.74 Å². The van der Waals surface area contributed by atoms with E-state index in [1.165, 1.54) is 0 Å². The first-order chi connectivity index (χ1) is 5.84. The van der Waals surface area contributed by atoms with Crippen molar-refractivity contribution < 1.29 is 4.74 Å². The van der Waals surface area contributed by atoms with Gasteiger partial charge in [-0.25, -0.2) is 0 Å². The Morgan fingerprint density at radius 1 is 1.33 bits per heavy atom. The summed E-state index contributed by atoms with van der Waals surface area (Å²) < 4.78 is 5.35. The molecule has 0 bridgehead atoms. The first-order valence-corrected chi connectivity index (χ1v) is 3.95. The highest BCUT2D eigenvalue weighted by atomic mass is 16.5. The molecule has 0 aromatic heterocycles. The Hall–Kier alpha value is -1.08. The summed E-state index contributed by atoms with van der Waals surface area (Å²) in [6.07, 6.45) is 1.63. The van der Waals surface area contributed by atoms with Crippen LogP contribution in [0.25, 0.3) is 0 Å². The Labute approximate surface area is 73.7 Å². The van der Waals surface area contributed by atoms with E-state index in [9.17, 15) is 0 Å². The molecule has 1 aromatic rings. The van der Waals surface area contributed by atoms with E-state index in [4.69, 9.17) is 4.74 Å². The predicted octanol–water partition coefficient (Wildman–Crippen LogP) is 2.76. The van der Waals surface area contributed by atoms with Gasteiger partial charge in [-0.15, -0.1) is 6.58 Å². The molecule has 0 spiro atoms. The van der Waals surface area contributed by atoms with E-state index < -0.39 is 0 Å². The third-order valence-electron chi connectivity index (χ3n) is 1.59. The van der Waals surface area contributed by atoms with E-state index in [1.807, 2.05) is 30.3 Å². The second kappa shape index (κ2) is 4.73. The van der Waals surface area contributed by atoms with Gasteiger partial charge in [-0.05, 0) is 12.5 Å².